The molecule has 1 saturated carbocycles. The van der Waals surface area contributed by atoms with Crippen LogP contribution in [0.15, 0.2) is 78.1 Å². The molecule has 4 aromatic rings. The maximum atomic E-state index is 13.7. The van der Waals surface area contributed by atoms with Crippen molar-refractivity contribution in [3.8, 4) is 33.5 Å². The molecule has 4 heterocycles. The highest BCUT2D eigenvalue weighted by molar-refractivity contribution is 6.04. The van der Waals surface area contributed by atoms with Gasteiger partial charge in [0.25, 0.3) is 0 Å². The predicted octanol–water partition coefficient (Wildman–Crippen LogP) is 9.38. The van der Waals surface area contributed by atoms with Gasteiger partial charge in [0.15, 0.2) is 0 Å². The summed E-state index contributed by atoms with van der Waals surface area (Å²) < 4.78 is 9.60. The van der Waals surface area contributed by atoms with Gasteiger partial charge in [0, 0.05) is 31.4 Å². The Labute approximate surface area is 381 Å². The van der Waals surface area contributed by atoms with Crippen molar-refractivity contribution in [1.82, 2.24) is 30.4 Å². The second-order valence-electron chi connectivity index (χ2n) is 19.1. The zero-order chi connectivity index (χ0) is 45.5. The van der Waals surface area contributed by atoms with E-state index < -0.39 is 24.3 Å². The highest BCUT2D eigenvalue weighted by atomic mass is 16.5. The Morgan fingerprint density at radius 2 is 1.15 bits per heavy atom. The monoisotopic (exact) mass is 879 g/mol. The highest BCUT2D eigenvalue weighted by Gasteiger charge is 2.42. The minimum absolute atomic E-state index is 0.0800. The van der Waals surface area contributed by atoms with Crippen LogP contribution in [0.25, 0.3) is 39.1 Å². The first-order chi connectivity index (χ1) is 31.4. The first-order valence-electron chi connectivity index (χ1n) is 23.4. The summed E-state index contributed by atoms with van der Waals surface area (Å²) in [5.74, 6) is 1.48. The lowest BCUT2D eigenvalue weighted by molar-refractivity contribution is -0.135. The first-order valence-corrected chi connectivity index (χ1v) is 23.4. The van der Waals surface area contributed by atoms with Gasteiger partial charge in [0.1, 0.15) is 17.9 Å². The summed E-state index contributed by atoms with van der Waals surface area (Å²) in [5, 5.41) is 5.47. The SMILES string of the molecule is COC(=O)NC(C(=O)N1CCCC1C1=NC=C(c2ccc(-c3ccc(-c4ccc(-c5cnc(C6CCCN6C(=O)C(NC(=O)OC)C(C)C)[nH]5)cc4)c4c3C3CCC4C3)cc2)C1)C(C)C. The number of imidazole rings is 1. The van der Waals surface area contributed by atoms with Crippen LogP contribution in [-0.4, -0.2) is 94.9 Å². The van der Waals surface area contributed by atoms with Crippen molar-refractivity contribution in [2.75, 3.05) is 27.3 Å². The number of carbonyl (C=O) groups excluding carboxylic acids is 4. The molecule has 13 heteroatoms. The number of hydrogen-bond donors (Lipinski definition) is 3. The number of ether oxygens (including phenoxy) is 2. The van der Waals surface area contributed by atoms with Crippen LogP contribution in [0.4, 0.5) is 9.59 Å². The Hall–Kier alpha value is -6.24. The number of allylic oxidation sites excluding steroid dienone is 1. The number of benzene rings is 3. The largest absolute Gasteiger partial charge is 0.453 e. The van der Waals surface area contributed by atoms with Crippen LogP contribution in [0, 0.1) is 11.8 Å². The fourth-order valence-corrected chi connectivity index (χ4v) is 11.1. The molecular weight excluding hydrogens is 819 g/mol. The molecule has 5 aliphatic rings. The number of fused-ring (bicyclic) bond motifs is 5. The zero-order valence-electron chi connectivity index (χ0n) is 38.4. The number of aromatic nitrogens is 2. The van der Waals surface area contributed by atoms with Gasteiger partial charge in [0.05, 0.1) is 38.2 Å². The summed E-state index contributed by atoms with van der Waals surface area (Å²) in [6, 6.07) is 20.7. The molecule has 3 fully saturated rings. The van der Waals surface area contributed by atoms with Gasteiger partial charge in [-0.2, -0.15) is 0 Å². The number of H-pyrrole nitrogens is 1. The van der Waals surface area contributed by atoms with Crippen molar-refractivity contribution < 1.29 is 28.7 Å². The molecule has 9 rings (SSSR count). The molecule has 4 amide bonds. The van der Waals surface area contributed by atoms with Crippen LogP contribution in [0.3, 0.4) is 0 Å². The van der Waals surface area contributed by atoms with E-state index in [9.17, 15) is 19.2 Å². The molecule has 340 valence electrons. The number of nitrogens with one attached hydrogen (secondary N) is 3. The molecular formula is C52H61N7O6. The summed E-state index contributed by atoms with van der Waals surface area (Å²) in [5.41, 5.74) is 13.3. The van der Waals surface area contributed by atoms with Crippen molar-refractivity contribution in [2.24, 2.45) is 16.8 Å². The van der Waals surface area contributed by atoms with Gasteiger partial charge in [-0.25, -0.2) is 14.6 Å². The fraction of sp³-hybridized carbons (Fsp3) is 0.462. The van der Waals surface area contributed by atoms with Gasteiger partial charge in [-0.15, -0.1) is 0 Å². The number of likely N-dealkylation sites (tertiary alicyclic amines) is 2. The Balaban J connectivity index is 0.887. The number of aromatic amines is 1. The third-order valence-corrected chi connectivity index (χ3v) is 14.5. The molecule has 13 nitrogen and oxygen atoms in total. The van der Waals surface area contributed by atoms with E-state index in [2.05, 4.69) is 76.3 Å². The fourth-order valence-electron chi connectivity index (χ4n) is 11.1. The quantitative estimate of drug-likeness (QED) is 0.128. The molecule has 1 aromatic heterocycles. The smallest absolute Gasteiger partial charge is 0.407 e. The third kappa shape index (κ3) is 8.45. The van der Waals surface area contributed by atoms with Crippen LogP contribution in [0.5, 0.6) is 0 Å². The molecule has 2 bridgehead atoms. The zero-order valence-corrected chi connectivity index (χ0v) is 38.4. The number of aliphatic imine (C=N–C) groups is 1. The average Bonchev–Trinajstić information content (AvgIpc) is 4.19. The van der Waals surface area contributed by atoms with E-state index in [0.717, 1.165) is 59.6 Å². The van der Waals surface area contributed by atoms with Crippen LogP contribution in [0.2, 0.25) is 0 Å². The maximum absolute atomic E-state index is 13.7. The second kappa shape index (κ2) is 18.3. The minimum atomic E-state index is -0.680. The lowest BCUT2D eigenvalue weighted by Crippen LogP contribution is -2.53. The summed E-state index contributed by atoms with van der Waals surface area (Å²) >= 11 is 0. The Kier molecular flexibility index (Phi) is 12.4. The van der Waals surface area contributed by atoms with Gasteiger partial charge in [-0.1, -0.05) is 88.4 Å². The number of amides is 4. The number of nitrogens with zero attached hydrogens (tertiary/aromatic N) is 4. The van der Waals surface area contributed by atoms with Crippen molar-refractivity contribution in [1.29, 1.82) is 0 Å². The number of hydrogen-bond acceptors (Lipinski definition) is 8. The molecule has 65 heavy (non-hydrogen) atoms. The lowest BCUT2D eigenvalue weighted by Gasteiger charge is -2.31. The number of rotatable bonds is 12. The molecule has 0 radical (unpaired) electrons. The molecule has 3 N–H and O–H groups in total. The average molecular weight is 880 g/mol. The standard InChI is InChI=1S/C52H61N7O6/c1-29(2)46(56-51(62)64-5)49(60)58-23-7-9-42(58)40-26-37(27-53-40)31-11-13-32(14-12-31)38-21-22-39(45-36-20-19-35(25-36)44(38)45)33-15-17-34(18-16-33)41-28-54-48(55-41)43-10-8-24-59(43)50(61)47(30(3)4)57-52(63)65-6/h11-18,21-22,27-30,35-36,42-43,46-47H,7-10,19-20,23-26H2,1-6H3,(H,54,55)(H,56,62)(H,57,63). The highest BCUT2D eigenvalue weighted by Crippen LogP contribution is 2.58. The summed E-state index contributed by atoms with van der Waals surface area (Å²) in [6.45, 7) is 8.95. The maximum Gasteiger partial charge on any atom is 0.407 e. The van der Waals surface area contributed by atoms with Crippen molar-refractivity contribution >= 4 is 35.3 Å². The van der Waals surface area contributed by atoms with E-state index in [1.165, 1.54) is 66.9 Å². The van der Waals surface area contributed by atoms with Crippen LogP contribution in [-0.2, 0) is 19.1 Å². The Morgan fingerprint density at radius 3 is 1.68 bits per heavy atom. The van der Waals surface area contributed by atoms with Crippen molar-refractivity contribution in [3.05, 3.63) is 95.6 Å². The topological polar surface area (TPSA) is 158 Å². The van der Waals surface area contributed by atoms with E-state index in [-0.39, 0.29) is 35.7 Å². The molecule has 2 saturated heterocycles. The van der Waals surface area contributed by atoms with E-state index in [4.69, 9.17) is 19.5 Å². The van der Waals surface area contributed by atoms with E-state index in [1.54, 1.807) is 0 Å². The Morgan fingerprint density at radius 1 is 0.662 bits per heavy atom. The van der Waals surface area contributed by atoms with Gasteiger partial charge in [-0.05, 0) is 119 Å². The van der Waals surface area contributed by atoms with Gasteiger partial charge in [-0.3, -0.25) is 14.6 Å². The second-order valence-corrected chi connectivity index (χ2v) is 19.1. The molecule has 0 spiro atoms. The molecule has 2 aliphatic carbocycles. The van der Waals surface area contributed by atoms with Crippen LogP contribution >= 0.6 is 0 Å². The van der Waals surface area contributed by atoms with Gasteiger partial charge < -0.3 is 34.9 Å². The van der Waals surface area contributed by atoms with Gasteiger partial charge in [0.2, 0.25) is 11.8 Å². The normalized spacial score (nSPS) is 21.9. The summed E-state index contributed by atoms with van der Waals surface area (Å²) in [7, 11) is 2.62. The van der Waals surface area contributed by atoms with E-state index in [1.807, 2.05) is 49.9 Å². The first kappa shape index (κ1) is 44.0. The number of alkyl carbamates (subject to hydrolysis) is 2. The van der Waals surface area contributed by atoms with Crippen LogP contribution in [0.1, 0.15) is 119 Å². The predicted molar refractivity (Wildman–Crippen MR) is 251 cm³/mol. The molecule has 6 unspecified atom stereocenters. The number of carbonyl (C=O) groups is 4. The van der Waals surface area contributed by atoms with Gasteiger partial charge >= 0.3 is 12.2 Å². The van der Waals surface area contributed by atoms with E-state index >= 15 is 0 Å². The van der Waals surface area contributed by atoms with E-state index in [0.29, 0.717) is 31.3 Å². The molecule has 3 aromatic carbocycles. The Bertz CT molecular complexity index is 2520. The summed E-state index contributed by atoms with van der Waals surface area (Å²) in [6.07, 6.45) is 10.4. The number of methoxy groups -OCH3 is 2. The lowest BCUT2D eigenvalue weighted by atomic mass is 9.81. The minimum Gasteiger partial charge on any atom is -0.453 e. The molecule has 6 atom stereocenters. The molecule has 3 aliphatic heterocycles. The van der Waals surface area contributed by atoms with Crippen LogP contribution < -0.4 is 10.6 Å². The third-order valence-electron chi connectivity index (χ3n) is 14.5. The summed E-state index contributed by atoms with van der Waals surface area (Å²) in [4.78, 5) is 68.4. The van der Waals surface area contributed by atoms with Crippen molar-refractivity contribution in [3.63, 3.8) is 0 Å². The van der Waals surface area contributed by atoms with Crippen molar-refractivity contribution in [2.45, 2.75) is 115 Å².